The Morgan fingerprint density at radius 3 is 3.05 bits per heavy atom. The van der Waals surface area contributed by atoms with Crippen LogP contribution in [0.25, 0.3) is 10.8 Å². The van der Waals surface area contributed by atoms with Gasteiger partial charge in [-0.15, -0.1) is 5.10 Å². The van der Waals surface area contributed by atoms with E-state index in [1.165, 1.54) is 11.0 Å². The largest absolute Gasteiger partial charge is 0.367 e. The van der Waals surface area contributed by atoms with Crippen molar-refractivity contribution < 1.29 is 4.79 Å². The van der Waals surface area contributed by atoms with Gasteiger partial charge in [0.1, 0.15) is 12.9 Å². The number of aromatic nitrogens is 4. The number of hydrogen-bond donors (Lipinski definition) is 2. The highest BCUT2D eigenvalue weighted by Crippen LogP contribution is 2.21. The lowest BCUT2D eigenvalue weighted by Gasteiger charge is -2.08. The highest BCUT2D eigenvalue weighted by atomic mass is 16.2. The molecule has 0 aliphatic heterocycles. The lowest BCUT2D eigenvalue weighted by Crippen LogP contribution is -2.19. The maximum Gasteiger partial charge on any atom is 0.246 e. The molecule has 0 saturated heterocycles. The van der Waals surface area contributed by atoms with Crippen LogP contribution in [0.4, 0.5) is 11.6 Å². The molecule has 0 unspecified atom stereocenters. The van der Waals surface area contributed by atoms with Crippen LogP contribution < -0.4 is 11.1 Å². The molecular weight excluding hydrogens is 256 g/mol. The number of nitrogens with one attached hydrogen (secondary N) is 1. The average Bonchev–Trinajstić information content (AvgIpc) is 2.84. The van der Waals surface area contributed by atoms with E-state index in [4.69, 9.17) is 5.73 Å². The lowest BCUT2D eigenvalue weighted by atomic mass is 10.1. The first-order chi connectivity index (χ1) is 9.72. The van der Waals surface area contributed by atoms with Crippen molar-refractivity contribution in [3.63, 3.8) is 0 Å². The Morgan fingerprint density at radius 2 is 2.25 bits per heavy atom. The zero-order valence-electron chi connectivity index (χ0n) is 10.5. The van der Waals surface area contributed by atoms with E-state index in [2.05, 4.69) is 20.4 Å². The molecule has 20 heavy (non-hydrogen) atoms. The van der Waals surface area contributed by atoms with E-state index in [1.54, 1.807) is 12.4 Å². The third kappa shape index (κ3) is 2.41. The van der Waals surface area contributed by atoms with Crippen LogP contribution in [-0.2, 0) is 11.3 Å². The number of nitrogens with two attached hydrogens (primary N) is 1. The van der Waals surface area contributed by atoms with Crippen molar-refractivity contribution in [2.75, 3.05) is 11.1 Å². The van der Waals surface area contributed by atoms with Gasteiger partial charge < -0.3 is 11.1 Å². The number of rotatable bonds is 3. The Kier molecular flexibility index (Phi) is 3.00. The minimum atomic E-state index is -0.195. The molecule has 1 amide bonds. The van der Waals surface area contributed by atoms with E-state index < -0.39 is 0 Å². The summed E-state index contributed by atoms with van der Waals surface area (Å²) in [6.45, 7) is 0.0612. The van der Waals surface area contributed by atoms with Crippen molar-refractivity contribution in [1.82, 2.24) is 19.7 Å². The summed E-state index contributed by atoms with van der Waals surface area (Å²) in [5.41, 5.74) is 6.14. The molecule has 7 nitrogen and oxygen atoms in total. The second-order valence-corrected chi connectivity index (χ2v) is 4.25. The summed E-state index contributed by atoms with van der Waals surface area (Å²) in [6.07, 6.45) is 4.86. The van der Waals surface area contributed by atoms with Gasteiger partial charge in [-0.1, -0.05) is 12.1 Å². The molecule has 2 heterocycles. The minimum absolute atomic E-state index is 0.0612. The summed E-state index contributed by atoms with van der Waals surface area (Å²) in [5, 5.41) is 8.62. The predicted octanol–water partition coefficient (Wildman–Crippen LogP) is 1.05. The number of amides is 1. The van der Waals surface area contributed by atoms with Crippen LogP contribution in [0.3, 0.4) is 0 Å². The number of pyridine rings is 1. The first-order valence-electron chi connectivity index (χ1n) is 6.00. The number of hydrogen-bond acceptors (Lipinski definition) is 5. The highest BCUT2D eigenvalue weighted by Gasteiger charge is 2.07. The van der Waals surface area contributed by atoms with E-state index in [0.717, 1.165) is 16.5 Å². The van der Waals surface area contributed by atoms with E-state index in [0.29, 0.717) is 0 Å². The van der Waals surface area contributed by atoms with Gasteiger partial charge in [0.05, 0.1) is 0 Å². The average molecular weight is 268 g/mol. The van der Waals surface area contributed by atoms with Crippen molar-refractivity contribution in [3.8, 4) is 0 Å². The number of anilines is 2. The van der Waals surface area contributed by atoms with E-state index in [-0.39, 0.29) is 18.4 Å². The maximum absolute atomic E-state index is 12.0. The number of nitrogens with zero attached hydrogens (tertiary/aromatic N) is 4. The van der Waals surface area contributed by atoms with Gasteiger partial charge in [-0.3, -0.25) is 9.78 Å². The van der Waals surface area contributed by atoms with Crippen molar-refractivity contribution in [2.45, 2.75) is 6.54 Å². The van der Waals surface area contributed by atoms with Gasteiger partial charge in [0.2, 0.25) is 11.9 Å². The van der Waals surface area contributed by atoms with Crippen molar-refractivity contribution >= 4 is 28.3 Å². The Labute approximate surface area is 114 Å². The molecule has 0 aliphatic carbocycles. The fraction of sp³-hybridized carbons (Fsp3) is 0.0769. The zero-order valence-corrected chi connectivity index (χ0v) is 10.5. The first-order valence-corrected chi connectivity index (χ1v) is 6.00. The van der Waals surface area contributed by atoms with Gasteiger partial charge in [0, 0.05) is 28.9 Å². The molecule has 0 saturated carbocycles. The number of benzene rings is 1. The first kappa shape index (κ1) is 12.1. The molecule has 0 aliphatic rings. The van der Waals surface area contributed by atoms with Crippen LogP contribution >= 0.6 is 0 Å². The smallest absolute Gasteiger partial charge is 0.246 e. The SMILES string of the molecule is Nc1ncn(CC(=O)Nc2cccc3cnccc23)n1. The number of carbonyl (C=O) groups is 1. The van der Waals surface area contributed by atoms with Crippen molar-refractivity contribution in [2.24, 2.45) is 0 Å². The fourth-order valence-corrected chi connectivity index (χ4v) is 1.95. The minimum Gasteiger partial charge on any atom is -0.367 e. The second-order valence-electron chi connectivity index (χ2n) is 4.25. The van der Waals surface area contributed by atoms with Crippen LogP contribution in [0.15, 0.2) is 43.0 Å². The molecule has 3 N–H and O–H groups in total. The molecule has 0 atom stereocenters. The summed E-state index contributed by atoms with van der Waals surface area (Å²) >= 11 is 0. The topological polar surface area (TPSA) is 98.7 Å². The van der Waals surface area contributed by atoms with E-state index >= 15 is 0 Å². The van der Waals surface area contributed by atoms with Crippen molar-refractivity contribution in [1.29, 1.82) is 0 Å². The fourth-order valence-electron chi connectivity index (χ4n) is 1.95. The van der Waals surface area contributed by atoms with Crippen LogP contribution in [0.5, 0.6) is 0 Å². The standard InChI is InChI=1S/C13H12N6O/c14-13-16-8-19(18-13)7-12(20)17-11-3-1-2-9-6-15-5-4-10(9)11/h1-6,8H,7H2,(H2,14,18)(H,17,20). The van der Waals surface area contributed by atoms with Gasteiger partial charge in [-0.05, 0) is 12.1 Å². The monoisotopic (exact) mass is 268 g/mol. The quantitative estimate of drug-likeness (QED) is 0.739. The van der Waals surface area contributed by atoms with Gasteiger partial charge in [-0.25, -0.2) is 9.67 Å². The third-order valence-electron chi connectivity index (χ3n) is 2.81. The summed E-state index contributed by atoms with van der Waals surface area (Å²) < 4.78 is 1.39. The number of nitrogen functional groups attached to an aromatic ring is 1. The Balaban J connectivity index is 1.81. The lowest BCUT2D eigenvalue weighted by molar-refractivity contribution is -0.116. The molecule has 7 heteroatoms. The van der Waals surface area contributed by atoms with Gasteiger partial charge in [0.15, 0.2) is 0 Å². The molecule has 0 bridgehead atoms. The van der Waals surface area contributed by atoms with Gasteiger partial charge in [0.25, 0.3) is 0 Å². The second kappa shape index (κ2) is 4.96. The summed E-state index contributed by atoms with van der Waals surface area (Å²) in [6, 6.07) is 7.51. The Bertz CT molecular complexity index is 761. The predicted molar refractivity (Wildman–Crippen MR) is 74.8 cm³/mol. The van der Waals surface area contributed by atoms with Gasteiger partial charge in [-0.2, -0.15) is 0 Å². The summed E-state index contributed by atoms with van der Waals surface area (Å²) in [5.74, 6) is -0.0479. The molecule has 0 radical (unpaired) electrons. The van der Waals surface area contributed by atoms with Crippen LogP contribution in [0, 0.1) is 0 Å². The molecular formula is C13H12N6O. The molecule has 0 spiro atoms. The molecule has 0 fully saturated rings. The summed E-state index contributed by atoms with van der Waals surface area (Å²) in [4.78, 5) is 19.8. The van der Waals surface area contributed by atoms with Gasteiger partial charge >= 0.3 is 0 Å². The normalized spacial score (nSPS) is 10.6. The van der Waals surface area contributed by atoms with Crippen LogP contribution in [0.1, 0.15) is 0 Å². The maximum atomic E-state index is 12.0. The molecule has 1 aromatic carbocycles. The number of carbonyl (C=O) groups excluding carboxylic acids is 1. The Hall–Kier alpha value is -2.96. The number of fused-ring (bicyclic) bond motifs is 1. The summed E-state index contributed by atoms with van der Waals surface area (Å²) in [7, 11) is 0. The highest BCUT2D eigenvalue weighted by molar-refractivity contribution is 6.01. The molecule has 2 aromatic heterocycles. The van der Waals surface area contributed by atoms with Crippen LogP contribution in [0.2, 0.25) is 0 Å². The zero-order chi connectivity index (χ0) is 13.9. The van der Waals surface area contributed by atoms with E-state index in [1.807, 2.05) is 24.3 Å². The third-order valence-corrected chi connectivity index (χ3v) is 2.81. The van der Waals surface area contributed by atoms with Crippen LogP contribution in [-0.4, -0.2) is 25.7 Å². The molecule has 3 rings (SSSR count). The molecule has 3 aromatic rings. The van der Waals surface area contributed by atoms with Crippen molar-refractivity contribution in [3.05, 3.63) is 43.0 Å². The van der Waals surface area contributed by atoms with E-state index in [9.17, 15) is 4.79 Å². The molecule has 100 valence electrons. The Morgan fingerprint density at radius 1 is 1.35 bits per heavy atom.